The highest BCUT2D eigenvalue weighted by Gasteiger charge is 2.71. The molecular weight excluding hydrogens is 354 g/mol. The molecule has 1 aromatic rings. The maximum atomic E-state index is 13.3. The van der Waals surface area contributed by atoms with Crippen LogP contribution in [0.1, 0.15) is 10.4 Å². The maximum absolute atomic E-state index is 13.3. The first-order valence-corrected chi connectivity index (χ1v) is 8.73. The van der Waals surface area contributed by atoms with E-state index < -0.39 is 35.8 Å². The summed E-state index contributed by atoms with van der Waals surface area (Å²) >= 11 is 0. The van der Waals surface area contributed by atoms with Crippen molar-refractivity contribution in [3.8, 4) is 0 Å². The molecule has 0 spiro atoms. The minimum Gasteiger partial charge on any atom is -0.465 e. The first-order valence-electron chi connectivity index (χ1n) is 8.73. The van der Waals surface area contributed by atoms with Gasteiger partial charge in [-0.05, 0) is 24.3 Å². The molecule has 0 saturated carbocycles. The zero-order valence-electron chi connectivity index (χ0n) is 14.5. The first kappa shape index (κ1) is 16.6. The highest BCUT2D eigenvalue weighted by atomic mass is 16.7. The second-order valence-corrected chi connectivity index (χ2v) is 6.93. The number of hydrogen-bond donors (Lipinski definition) is 0. The van der Waals surface area contributed by atoms with Crippen LogP contribution >= 0.6 is 0 Å². The lowest BCUT2D eigenvalue weighted by Gasteiger charge is -2.32. The lowest BCUT2D eigenvalue weighted by molar-refractivity contribution is -0.180. The summed E-state index contributed by atoms with van der Waals surface area (Å²) in [6.45, 7) is 0.831. The first-order chi connectivity index (χ1) is 13.1. The average Bonchev–Trinajstić information content (AvgIpc) is 3.45. The highest BCUT2D eigenvalue weighted by molar-refractivity contribution is 6.23. The van der Waals surface area contributed by atoms with E-state index in [0.29, 0.717) is 18.9 Å². The Kier molecular flexibility index (Phi) is 3.52. The molecule has 4 atom stereocenters. The zero-order valence-corrected chi connectivity index (χ0v) is 14.5. The molecule has 0 radical (unpaired) electrons. The van der Waals surface area contributed by atoms with E-state index in [1.165, 1.54) is 13.2 Å². The Morgan fingerprint density at radius 2 is 2.00 bits per heavy atom. The van der Waals surface area contributed by atoms with E-state index in [2.05, 4.69) is 0 Å². The van der Waals surface area contributed by atoms with Gasteiger partial charge >= 0.3 is 5.97 Å². The number of methoxy groups -OCH3 is 1. The standard InChI is InChI=1S/C19H17NO7/c1-24-17(23)10-3-2-4-11(9-10)20-15(21)13-12-5-6-19(27-12,14(13)16(20)22)18-25-7-8-26-18/h2-6,9,12-14,18H,7-8H2,1H3/t12-,13-,14+,19-/m1/s1. The summed E-state index contributed by atoms with van der Waals surface area (Å²) in [5.74, 6) is -2.60. The Labute approximate surface area is 154 Å². The van der Waals surface area contributed by atoms with E-state index >= 15 is 0 Å². The lowest BCUT2D eigenvalue weighted by atomic mass is 9.76. The van der Waals surface area contributed by atoms with Crippen molar-refractivity contribution in [2.24, 2.45) is 11.8 Å². The zero-order chi connectivity index (χ0) is 18.8. The molecule has 2 amide bonds. The Bertz CT molecular complexity index is 875. The molecule has 2 bridgehead atoms. The monoisotopic (exact) mass is 371 g/mol. The molecule has 8 nitrogen and oxygen atoms in total. The maximum Gasteiger partial charge on any atom is 0.337 e. The number of imide groups is 1. The van der Waals surface area contributed by atoms with Crippen molar-refractivity contribution in [1.82, 2.24) is 0 Å². The van der Waals surface area contributed by atoms with Crippen LogP contribution in [-0.2, 0) is 28.5 Å². The summed E-state index contributed by atoms with van der Waals surface area (Å²) in [5.41, 5.74) is -0.486. The summed E-state index contributed by atoms with van der Waals surface area (Å²) in [6.07, 6.45) is 2.38. The summed E-state index contributed by atoms with van der Waals surface area (Å²) in [6, 6.07) is 6.28. The van der Waals surface area contributed by atoms with Crippen LogP contribution in [0.15, 0.2) is 36.4 Å². The van der Waals surface area contributed by atoms with Gasteiger partial charge in [-0.3, -0.25) is 9.59 Å². The smallest absolute Gasteiger partial charge is 0.337 e. The Hall–Kier alpha value is -2.55. The quantitative estimate of drug-likeness (QED) is 0.438. The Morgan fingerprint density at radius 1 is 1.22 bits per heavy atom. The molecule has 5 rings (SSSR count). The van der Waals surface area contributed by atoms with Gasteiger partial charge in [0.05, 0.1) is 49.5 Å². The SMILES string of the molecule is COC(=O)c1cccc(N2C(=O)[C@H]3[C@@H](C2=O)[C@@]2(C4OCCO4)C=C[C@H]3O2)c1. The van der Waals surface area contributed by atoms with Gasteiger partial charge in [0.15, 0.2) is 11.9 Å². The third kappa shape index (κ3) is 2.11. The van der Waals surface area contributed by atoms with Crippen LogP contribution in [0.2, 0.25) is 0 Å². The van der Waals surface area contributed by atoms with Gasteiger partial charge in [0.1, 0.15) is 0 Å². The van der Waals surface area contributed by atoms with E-state index in [9.17, 15) is 14.4 Å². The van der Waals surface area contributed by atoms with Crippen molar-refractivity contribution in [3.63, 3.8) is 0 Å². The molecule has 3 saturated heterocycles. The lowest BCUT2D eigenvalue weighted by Crippen LogP contribution is -2.49. The summed E-state index contributed by atoms with van der Waals surface area (Å²) in [7, 11) is 1.28. The molecule has 4 aliphatic heterocycles. The van der Waals surface area contributed by atoms with Crippen molar-refractivity contribution >= 4 is 23.5 Å². The third-order valence-electron chi connectivity index (χ3n) is 5.59. The normalized spacial score (nSPS) is 34.6. The van der Waals surface area contributed by atoms with Crippen molar-refractivity contribution in [1.29, 1.82) is 0 Å². The minimum absolute atomic E-state index is 0.266. The fourth-order valence-corrected chi connectivity index (χ4v) is 4.47. The molecule has 0 N–H and O–H groups in total. The van der Waals surface area contributed by atoms with Gasteiger partial charge in [-0.2, -0.15) is 0 Å². The number of nitrogens with zero attached hydrogens (tertiary/aromatic N) is 1. The molecule has 1 aromatic carbocycles. The molecule has 27 heavy (non-hydrogen) atoms. The number of carbonyl (C=O) groups excluding carboxylic acids is 3. The molecule has 3 fully saturated rings. The van der Waals surface area contributed by atoms with E-state index in [1.807, 2.05) is 0 Å². The van der Waals surface area contributed by atoms with E-state index in [4.69, 9.17) is 18.9 Å². The third-order valence-corrected chi connectivity index (χ3v) is 5.59. The highest BCUT2D eigenvalue weighted by Crippen LogP contribution is 2.55. The molecule has 0 aliphatic carbocycles. The molecule has 8 heteroatoms. The summed E-state index contributed by atoms with van der Waals surface area (Å²) in [5, 5.41) is 0. The number of carbonyl (C=O) groups is 3. The predicted molar refractivity (Wildman–Crippen MR) is 89.7 cm³/mol. The van der Waals surface area contributed by atoms with Crippen molar-refractivity contribution in [2.75, 3.05) is 25.2 Å². The van der Waals surface area contributed by atoms with Crippen molar-refractivity contribution in [3.05, 3.63) is 42.0 Å². The van der Waals surface area contributed by atoms with Crippen molar-refractivity contribution in [2.45, 2.75) is 18.0 Å². The molecule has 0 unspecified atom stereocenters. The molecule has 0 aromatic heterocycles. The number of anilines is 1. The van der Waals surface area contributed by atoms with Gasteiger partial charge in [0, 0.05) is 0 Å². The number of rotatable bonds is 3. The van der Waals surface area contributed by atoms with Gasteiger partial charge in [0.2, 0.25) is 11.8 Å². The van der Waals surface area contributed by atoms with Crippen LogP contribution in [0.3, 0.4) is 0 Å². The number of benzene rings is 1. The van der Waals surface area contributed by atoms with E-state index in [1.54, 1.807) is 30.4 Å². The molecule has 140 valence electrons. The molecular formula is C19H17NO7. The minimum atomic E-state index is -1.09. The number of hydrogen-bond acceptors (Lipinski definition) is 7. The number of esters is 1. The van der Waals surface area contributed by atoms with Gasteiger partial charge in [-0.25, -0.2) is 9.69 Å². The molecule has 4 heterocycles. The number of fused-ring (bicyclic) bond motifs is 5. The van der Waals surface area contributed by atoms with Gasteiger partial charge in [0.25, 0.3) is 0 Å². The fraction of sp³-hybridized carbons (Fsp3) is 0.421. The van der Waals surface area contributed by atoms with Crippen LogP contribution in [0.4, 0.5) is 5.69 Å². The summed E-state index contributed by atoms with van der Waals surface area (Å²) in [4.78, 5) is 39.3. The van der Waals surface area contributed by atoms with Crippen LogP contribution < -0.4 is 4.90 Å². The van der Waals surface area contributed by atoms with Gasteiger partial charge < -0.3 is 18.9 Å². The topological polar surface area (TPSA) is 91.4 Å². The Balaban J connectivity index is 1.53. The van der Waals surface area contributed by atoms with E-state index in [0.717, 1.165) is 4.90 Å². The van der Waals surface area contributed by atoms with Crippen LogP contribution in [-0.4, -0.2) is 56.1 Å². The van der Waals surface area contributed by atoms with Gasteiger partial charge in [-0.1, -0.05) is 12.1 Å². The number of amides is 2. The van der Waals surface area contributed by atoms with Crippen molar-refractivity contribution < 1.29 is 33.3 Å². The van der Waals surface area contributed by atoms with E-state index in [-0.39, 0.29) is 17.4 Å². The predicted octanol–water partition coefficient (Wildman–Crippen LogP) is 0.659. The van der Waals surface area contributed by atoms with Gasteiger partial charge in [-0.15, -0.1) is 0 Å². The fourth-order valence-electron chi connectivity index (χ4n) is 4.47. The second kappa shape index (κ2) is 5.72. The van der Waals surface area contributed by atoms with Crippen LogP contribution in [0.25, 0.3) is 0 Å². The van der Waals surface area contributed by atoms with Crippen LogP contribution in [0, 0.1) is 11.8 Å². The van der Waals surface area contributed by atoms with Crippen LogP contribution in [0.5, 0.6) is 0 Å². The summed E-state index contributed by atoms with van der Waals surface area (Å²) < 4.78 is 22.0. The second-order valence-electron chi connectivity index (χ2n) is 6.93. The molecule has 4 aliphatic rings. The largest absolute Gasteiger partial charge is 0.465 e. The Morgan fingerprint density at radius 3 is 2.74 bits per heavy atom. The number of ether oxygens (including phenoxy) is 4. The average molecular weight is 371 g/mol.